The Balaban J connectivity index is 3.17. The molecule has 1 aromatic rings. The first-order valence-corrected chi connectivity index (χ1v) is 5.74. The molecular weight excluding hydrogens is 221 g/mol. The molecule has 0 bridgehead atoms. The Bertz CT molecular complexity index is 501. The van der Waals surface area contributed by atoms with Crippen LogP contribution in [0.1, 0.15) is 26.5 Å². The van der Waals surface area contributed by atoms with Crippen molar-refractivity contribution >= 4 is 13.4 Å². The molecule has 18 heavy (non-hydrogen) atoms. The van der Waals surface area contributed by atoms with Crippen LogP contribution in [-0.4, -0.2) is 22.8 Å². The molecule has 3 nitrogen and oxygen atoms in total. The fraction of sp³-hybridized carbons (Fsp3) is 0.286. The zero-order chi connectivity index (χ0) is 13.8. The summed E-state index contributed by atoms with van der Waals surface area (Å²) < 4.78 is 1.82. The van der Waals surface area contributed by atoms with Gasteiger partial charge in [0.2, 0.25) is 0 Å². The summed E-state index contributed by atoms with van der Waals surface area (Å²) in [5, 5.41) is 8.27. The minimum Gasteiger partial charge on any atom is -0.247 e. The van der Waals surface area contributed by atoms with Crippen LogP contribution < -0.4 is 0 Å². The van der Waals surface area contributed by atoms with Crippen molar-refractivity contribution in [3.05, 3.63) is 54.8 Å². The molecule has 0 aliphatic carbocycles. The zero-order valence-corrected chi connectivity index (χ0v) is 11.2. The highest BCUT2D eigenvalue weighted by atomic mass is 15.4. The van der Waals surface area contributed by atoms with Crippen molar-refractivity contribution in [1.29, 1.82) is 0 Å². The van der Waals surface area contributed by atoms with Gasteiger partial charge in [-0.15, -0.1) is 5.10 Å². The van der Waals surface area contributed by atoms with Crippen LogP contribution in [0.25, 0.3) is 5.57 Å². The fourth-order valence-electron chi connectivity index (χ4n) is 1.30. The predicted octanol–water partition coefficient (Wildman–Crippen LogP) is 2.84. The molecule has 1 aromatic heterocycles. The summed E-state index contributed by atoms with van der Waals surface area (Å²) in [6, 6.07) is 0. The Hall–Kier alpha value is -1.84. The van der Waals surface area contributed by atoms with E-state index < -0.39 is 0 Å². The van der Waals surface area contributed by atoms with E-state index >= 15 is 0 Å². The van der Waals surface area contributed by atoms with Crippen molar-refractivity contribution in [2.24, 2.45) is 0 Å². The maximum atomic E-state index is 5.75. The van der Waals surface area contributed by atoms with Crippen LogP contribution in [0.15, 0.2) is 49.1 Å². The summed E-state index contributed by atoms with van der Waals surface area (Å²) in [5.74, 6) is 0. The largest absolute Gasteiger partial charge is 0.247 e. The van der Waals surface area contributed by atoms with E-state index in [1.54, 1.807) is 18.2 Å². The average Bonchev–Trinajstić information content (AvgIpc) is 2.77. The van der Waals surface area contributed by atoms with E-state index in [0.29, 0.717) is 5.47 Å². The first kappa shape index (κ1) is 14.2. The van der Waals surface area contributed by atoms with Gasteiger partial charge in [-0.05, 0) is 20.8 Å². The molecule has 2 radical (unpaired) electrons. The van der Waals surface area contributed by atoms with Gasteiger partial charge in [0.1, 0.15) is 13.5 Å². The van der Waals surface area contributed by atoms with Gasteiger partial charge in [0.25, 0.3) is 0 Å². The molecule has 0 aliphatic rings. The highest BCUT2D eigenvalue weighted by Crippen LogP contribution is 2.18. The van der Waals surface area contributed by atoms with Crippen LogP contribution in [0, 0.1) is 0 Å². The lowest BCUT2D eigenvalue weighted by atomic mass is 9.93. The molecule has 0 amide bonds. The molecule has 92 valence electrons. The quantitative estimate of drug-likeness (QED) is 0.597. The van der Waals surface area contributed by atoms with Gasteiger partial charge in [0, 0.05) is 5.57 Å². The van der Waals surface area contributed by atoms with E-state index in [9.17, 15) is 0 Å². The van der Waals surface area contributed by atoms with Crippen LogP contribution in [0.3, 0.4) is 0 Å². The van der Waals surface area contributed by atoms with Crippen molar-refractivity contribution in [1.82, 2.24) is 15.0 Å². The van der Waals surface area contributed by atoms with E-state index in [1.807, 2.05) is 17.0 Å². The molecule has 0 saturated heterocycles. The molecule has 0 N–H and O–H groups in total. The Morgan fingerprint density at radius 2 is 2.06 bits per heavy atom. The van der Waals surface area contributed by atoms with Crippen molar-refractivity contribution in [2.75, 3.05) is 0 Å². The predicted molar refractivity (Wildman–Crippen MR) is 77.2 cm³/mol. The molecule has 0 atom stereocenters. The third kappa shape index (κ3) is 3.59. The zero-order valence-electron chi connectivity index (χ0n) is 11.2. The normalized spacial score (nSPS) is 13.5. The van der Waals surface area contributed by atoms with Crippen LogP contribution in [0.5, 0.6) is 0 Å². The highest BCUT2D eigenvalue weighted by Gasteiger charge is 2.15. The first-order valence-electron chi connectivity index (χ1n) is 5.74. The molecule has 1 rings (SSSR count). The van der Waals surface area contributed by atoms with E-state index in [0.717, 1.165) is 11.3 Å². The molecule has 0 fully saturated rings. The number of aromatic nitrogens is 3. The number of nitrogens with zero attached hydrogens (tertiary/aromatic N) is 3. The van der Waals surface area contributed by atoms with E-state index in [1.165, 1.54) is 0 Å². The lowest BCUT2D eigenvalue weighted by molar-refractivity contribution is 0.347. The van der Waals surface area contributed by atoms with Gasteiger partial charge >= 0.3 is 0 Å². The third-order valence-corrected chi connectivity index (χ3v) is 2.33. The van der Waals surface area contributed by atoms with Crippen molar-refractivity contribution in [3.8, 4) is 0 Å². The molecule has 1 heterocycles. The van der Waals surface area contributed by atoms with Crippen molar-refractivity contribution < 1.29 is 0 Å². The smallest absolute Gasteiger partial charge is 0.113 e. The third-order valence-electron chi connectivity index (χ3n) is 2.33. The van der Waals surface area contributed by atoms with Gasteiger partial charge in [-0.2, -0.15) is 0 Å². The summed E-state index contributed by atoms with van der Waals surface area (Å²) in [4.78, 5) is 0. The molecule has 0 unspecified atom stereocenters. The SMILES string of the molecule is [B]/C(C=C)=C/C(=C\C=C)c1cn(C(C)(C)C)nn1. The summed E-state index contributed by atoms with van der Waals surface area (Å²) in [6.45, 7) is 13.5. The van der Waals surface area contributed by atoms with Gasteiger partial charge in [-0.25, -0.2) is 4.68 Å². The van der Waals surface area contributed by atoms with Crippen LogP contribution in [0.4, 0.5) is 0 Å². The Labute approximate surface area is 110 Å². The molecule has 4 heteroatoms. The molecule has 0 saturated carbocycles. The second-order valence-electron chi connectivity index (χ2n) is 4.93. The van der Waals surface area contributed by atoms with Crippen molar-refractivity contribution in [2.45, 2.75) is 26.3 Å². The van der Waals surface area contributed by atoms with Gasteiger partial charge in [-0.3, -0.25) is 0 Å². The summed E-state index contributed by atoms with van der Waals surface area (Å²) in [5.41, 5.74) is 2.10. The lowest BCUT2D eigenvalue weighted by Crippen LogP contribution is -2.22. The average molecular weight is 239 g/mol. The van der Waals surface area contributed by atoms with Gasteiger partial charge in [0.15, 0.2) is 0 Å². The van der Waals surface area contributed by atoms with E-state index in [4.69, 9.17) is 7.85 Å². The maximum Gasteiger partial charge on any atom is 0.113 e. The summed E-state index contributed by atoms with van der Waals surface area (Å²) >= 11 is 0. The molecule has 0 spiro atoms. The Morgan fingerprint density at radius 3 is 2.50 bits per heavy atom. The number of rotatable bonds is 4. The van der Waals surface area contributed by atoms with Gasteiger partial charge < -0.3 is 0 Å². The molecule has 0 aliphatic heterocycles. The van der Waals surface area contributed by atoms with Crippen LogP contribution >= 0.6 is 0 Å². The minimum absolute atomic E-state index is 0.0990. The number of hydrogen-bond acceptors (Lipinski definition) is 2. The number of allylic oxidation sites excluding steroid dienone is 6. The standard InChI is InChI=1S/C14H18BN3/c1-6-8-11(9-12(15)7-2)13-10-18(17-16-13)14(3,4)5/h6-10H,1-2H2,3-5H3/b11-8+,12-9+. The second-order valence-corrected chi connectivity index (χ2v) is 4.93. The van der Waals surface area contributed by atoms with Gasteiger partial charge in [-0.1, -0.05) is 48.1 Å². The Morgan fingerprint density at radius 1 is 1.39 bits per heavy atom. The molecule has 0 aromatic carbocycles. The highest BCUT2D eigenvalue weighted by molar-refractivity contribution is 6.24. The first-order chi connectivity index (χ1) is 8.38. The van der Waals surface area contributed by atoms with Crippen LogP contribution in [0.2, 0.25) is 0 Å². The van der Waals surface area contributed by atoms with Gasteiger partial charge in [0.05, 0.1) is 11.7 Å². The number of hydrogen-bond donors (Lipinski definition) is 0. The van der Waals surface area contributed by atoms with E-state index in [-0.39, 0.29) is 5.54 Å². The fourth-order valence-corrected chi connectivity index (χ4v) is 1.30. The molecular formula is C14H18BN3. The maximum absolute atomic E-state index is 5.75. The second kappa shape index (κ2) is 5.67. The minimum atomic E-state index is -0.0990. The van der Waals surface area contributed by atoms with Crippen LogP contribution in [-0.2, 0) is 5.54 Å². The summed E-state index contributed by atoms with van der Waals surface area (Å²) in [6.07, 6.45) is 8.81. The lowest BCUT2D eigenvalue weighted by Gasteiger charge is -2.17. The Kier molecular flexibility index (Phi) is 4.48. The van der Waals surface area contributed by atoms with Crippen molar-refractivity contribution in [3.63, 3.8) is 0 Å². The topological polar surface area (TPSA) is 30.7 Å². The summed E-state index contributed by atoms with van der Waals surface area (Å²) in [7, 11) is 5.75. The van der Waals surface area contributed by atoms with E-state index in [2.05, 4.69) is 44.2 Å². The monoisotopic (exact) mass is 239 g/mol.